The molecule has 0 aliphatic heterocycles. The summed E-state index contributed by atoms with van der Waals surface area (Å²) in [6.45, 7) is 0. The van der Waals surface area contributed by atoms with Crippen molar-refractivity contribution in [2.45, 2.75) is 0 Å². The molecule has 4 aromatic carbocycles. The molecule has 1 aromatic heterocycles. The van der Waals surface area contributed by atoms with E-state index in [-0.39, 0.29) is 0 Å². The van der Waals surface area contributed by atoms with Gasteiger partial charge in [-0.3, -0.25) is 0 Å². The molecule has 0 atom stereocenters. The first kappa shape index (κ1) is 15.9. The maximum absolute atomic E-state index is 9.42. The zero-order valence-corrected chi connectivity index (χ0v) is 14.7. The summed E-state index contributed by atoms with van der Waals surface area (Å²) in [6, 6.07) is 33.5. The van der Waals surface area contributed by atoms with Crippen molar-refractivity contribution < 1.29 is 5.02 Å². The largest absolute Gasteiger partial charge is 0.450 e. The first-order valence-corrected chi connectivity index (χ1v) is 9.02. The van der Waals surface area contributed by atoms with Gasteiger partial charge >= 0.3 is 7.48 Å². The molecule has 0 fully saturated rings. The van der Waals surface area contributed by atoms with Gasteiger partial charge in [-0.15, -0.1) is 0 Å². The lowest BCUT2D eigenvalue weighted by molar-refractivity contribution is 0.615. The minimum atomic E-state index is 0.809. The summed E-state index contributed by atoms with van der Waals surface area (Å²) in [5.41, 5.74) is 6.63. The topological polar surface area (TPSA) is 25.2 Å². The lowest BCUT2D eigenvalue weighted by atomic mass is 9.88. The Bertz CT molecular complexity index is 1260. The summed E-state index contributed by atoms with van der Waals surface area (Å²) in [5, 5.41) is 11.7. The molecule has 127 valence electrons. The number of fused-ring (bicyclic) bond motifs is 3. The molecule has 5 rings (SSSR count). The Morgan fingerprint density at radius 1 is 0.593 bits per heavy atom. The van der Waals surface area contributed by atoms with Crippen LogP contribution in [0.3, 0.4) is 0 Å². The summed E-state index contributed by atoms with van der Waals surface area (Å²) in [5.74, 6) is 0. The van der Waals surface area contributed by atoms with Gasteiger partial charge in [0.1, 0.15) is 0 Å². The summed E-state index contributed by atoms with van der Waals surface area (Å²) in [6.07, 6.45) is 0. The van der Waals surface area contributed by atoms with Gasteiger partial charge in [0, 0.05) is 16.5 Å². The highest BCUT2D eigenvalue weighted by atomic mass is 16.2. The predicted octanol–water partition coefficient (Wildman–Crippen LogP) is 4.69. The van der Waals surface area contributed by atoms with Gasteiger partial charge in [-0.1, -0.05) is 78.3 Å². The van der Waals surface area contributed by atoms with Crippen molar-refractivity contribution in [3.63, 3.8) is 0 Å². The van der Waals surface area contributed by atoms with Gasteiger partial charge in [0.05, 0.1) is 11.0 Å². The molecular weight excluding hydrogens is 329 g/mol. The van der Waals surface area contributed by atoms with E-state index in [1.165, 1.54) is 16.5 Å². The molecule has 1 radical (unpaired) electrons. The van der Waals surface area contributed by atoms with Crippen LogP contribution in [0.4, 0.5) is 0 Å². The molecule has 0 aliphatic carbocycles. The van der Waals surface area contributed by atoms with Gasteiger partial charge in [-0.2, -0.15) is 0 Å². The molecule has 3 heteroatoms. The van der Waals surface area contributed by atoms with E-state index < -0.39 is 0 Å². The van der Waals surface area contributed by atoms with Crippen molar-refractivity contribution in [2.24, 2.45) is 0 Å². The first-order valence-electron chi connectivity index (χ1n) is 9.02. The molecule has 0 aliphatic rings. The Labute approximate surface area is 158 Å². The minimum absolute atomic E-state index is 0.809. The molecule has 1 heterocycles. The highest BCUT2D eigenvalue weighted by Gasteiger charge is 2.13. The fourth-order valence-corrected chi connectivity index (χ4v) is 3.80. The van der Waals surface area contributed by atoms with E-state index in [0.717, 1.165) is 35.1 Å². The molecular formula is C24H17BNO. The maximum atomic E-state index is 9.42. The van der Waals surface area contributed by atoms with E-state index in [2.05, 4.69) is 83.4 Å². The van der Waals surface area contributed by atoms with E-state index in [1.807, 2.05) is 18.2 Å². The van der Waals surface area contributed by atoms with E-state index in [4.69, 9.17) is 0 Å². The van der Waals surface area contributed by atoms with Crippen LogP contribution in [0.1, 0.15) is 0 Å². The van der Waals surface area contributed by atoms with Crippen LogP contribution in [0.5, 0.6) is 0 Å². The van der Waals surface area contributed by atoms with Crippen LogP contribution in [0.2, 0.25) is 0 Å². The highest BCUT2D eigenvalue weighted by molar-refractivity contribution is 6.46. The van der Waals surface area contributed by atoms with Gasteiger partial charge in [-0.05, 0) is 35.4 Å². The highest BCUT2D eigenvalue weighted by Crippen LogP contribution is 2.32. The smallest absolute Gasteiger partial charge is 0.326 e. The van der Waals surface area contributed by atoms with Crippen LogP contribution in [0, 0.1) is 0 Å². The van der Waals surface area contributed by atoms with Gasteiger partial charge < -0.3 is 9.59 Å². The molecule has 0 saturated carbocycles. The number of hydrogen-bond acceptors (Lipinski definition) is 1. The van der Waals surface area contributed by atoms with Crippen molar-refractivity contribution in [2.75, 3.05) is 0 Å². The summed E-state index contributed by atoms with van der Waals surface area (Å²) >= 11 is 0. The Morgan fingerprint density at radius 2 is 1.33 bits per heavy atom. The SMILES string of the molecule is O[B]c1ccc2c(c1)c1ccccc1n2-c1cccc(-c2ccccc2)c1. The second-order valence-electron chi connectivity index (χ2n) is 6.67. The maximum Gasteiger partial charge on any atom is 0.326 e. The van der Waals surface area contributed by atoms with Gasteiger partial charge in [0.2, 0.25) is 0 Å². The van der Waals surface area contributed by atoms with Gasteiger partial charge in [0.15, 0.2) is 0 Å². The van der Waals surface area contributed by atoms with Crippen molar-refractivity contribution in [1.82, 2.24) is 4.57 Å². The second-order valence-corrected chi connectivity index (χ2v) is 6.67. The summed E-state index contributed by atoms with van der Waals surface area (Å²) in [4.78, 5) is 0. The summed E-state index contributed by atoms with van der Waals surface area (Å²) < 4.78 is 2.29. The third kappa shape index (κ3) is 2.64. The molecule has 0 spiro atoms. The zero-order chi connectivity index (χ0) is 18.2. The predicted molar refractivity (Wildman–Crippen MR) is 114 cm³/mol. The normalized spacial score (nSPS) is 11.1. The molecule has 2 nitrogen and oxygen atoms in total. The van der Waals surface area contributed by atoms with Crippen LogP contribution in [-0.2, 0) is 0 Å². The van der Waals surface area contributed by atoms with E-state index in [0.29, 0.717) is 0 Å². The van der Waals surface area contributed by atoms with Gasteiger partial charge in [-0.25, -0.2) is 0 Å². The summed E-state index contributed by atoms with van der Waals surface area (Å²) in [7, 11) is 1.15. The number of para-hydroxylation sites is 1. The molecule has 0 bridgehead atoms. The molecule has 0 unspecified atom stereocenters. The molecule has 5 aromatic rings. The van der Waals surface area contributed by atoms with Crippen molar-refractivity contribution >= 4 is 34.8 Å². The third-order valence-electron chi connectivity index (χ3n) is 5.06. The Balaban J connectivity index is 1.80. The number of aromatic nitrogens is 1. The lowest BCUT2D eigenvalue weighted by Gasteiger charge is -2.10. The van der Waals surface area contributed by atoms with Crippen LogP contribution in [0.15, 0.2) is 97.1 Å². The fraction of sp³-hybridized carbons (Fsp3) is 0. The number of nitrogens with zero attached hydrogens (tertiary/aromatic N) is 1. The van der Waals surface area contributed by atoms with Crippen molar-refractivity contribution in [3.8, 4) is 16.8 Å². The Morgan fingerprint density at radius 3 is 2.19 bits per heavy atom. The second kappa shape index (κ2) is 6.46. The number of rotatable bonds is 3. The van der Waals surface area contributed by atoms with Crippen molar-refractivity contribution in [3.05, 3.63) is 97.1 Å². The Kier molecular flexibility index (Phi) is 3.81. The number of hydrogen-bond donors (Lipinski definition) is 1. The van der Waals surface area contributed by atoms with Crippen LogP contribution in [-0.4, -0.2) is 17.1 Å². The molecule has 0 saturated heterocycles. The average Bonchev–Trinajstić information content (AvgIpc) is 3.08. The van der Waals surface area contributed by atoms with Crippen LogP contribution in [0.25, 0.3) is 38.6 Å². The zero-order valence-electron chi connectivity index (χ0n) is 14.7. The van der Waals surface area contributed by atoms with Crippen LogP contribution < -0.4 is 5.46 Å². The molecule has 0 amide bonds. The quantitative estimate of drug-likeness (QED) is 0.471. The average molecular weight is 346 g/mol. The van der Waals surface area contributed by atoms with E-state index in [1.54, 1.807) is 0 Å². The first-order chi connectivity index (χ1) is 13.3. The minimum Gasteiger partial charge on any atom is -0.450 e. The lowest BCUT2D eigenvalue weighted by Crippen LogP contribution is -2.12. The van der Waals surface area contributed by atoms with Crippen LogP contribution >= 0.6 is 0 Å². The third-order valence-corrected chi connectivity index (χ3v) is 5.06. The van der Waals surface area contributed by atoms with E-state index >= 15 is 0 Å². The number of benzene rings is 4. The molecule has 27 heavy (non-hydrogen) atoms. The monoisotopic (exact) mass is 346 g/mol. The van der Waals surface area contributed by atoms with Gasteiger partial charge in [0.25, 0.3) is 0 Å². The van der Waals surface area contributed by atoms with Crippen molar-refractivity contribution in [1.29, 1.82) is 0 Å². The molecule has 1 N–H and O–H groups in total. The Hall–Kier alpha value is -3.30. The fourth-order valence-electron chi connectivity index (χ4n) is 3.80. The standard InChI is InChI=1S/C24H17BNO/c27-25-19-13-14-24-22(16-19)21-11-4-5-12-23(21)26(24)20-10-6-9-18(15-20)17-7-2-1-3-8-17/h1-16,27H. The van der Waals surface area contributed by atoms with E-state index in [9.17, 15) is 5.02 Å².